The van der Waals surface area contributed by atoms with Crippen LogP contribution in [0.25, 0.3) is 0 Å². The molecule has 0 spiro atoms. The van der Waals surface area contributed by atoms with E-state index in [2.05, 4.69) is 30.7 Å². The van der Waals surface area contributed by atoms with Gasteiger partial charge in [0.15, 0.2) is 0 Å². The van der Waals surface area contributed by atoms with E-state index in [1.165, 1.54) is 25.7 Å². The average Bonchev–Trinajstić information content (AvgIpc) is 2.90. The maximum absolute atomic E-state index is 13.1. The van der Waals surface area contributed by atoms with Gasteiger partial charge >= 0.3 is 0 Å². The molecule has 1 saturated heterocycles. The van der Waals surface area contributed by atoms with Crippen LogP contribution in [0.4, 0.5) is 0 Å². The topological polar surface area (TPSA) is 33.2 Å². The van der Waals surface area contributed by atoms with Crippen LogP contribution in [0, 0.1) is 18.8 Å². The van der Waals surface area contributed by atoms with Gasteiger partial charge < -0.3 is 4.90 Å². The Kier molecular flexibility index (Phi) is 4.58. The number of thiazole rings is 1. The first-order valence-corrected chi connectivity index (χ1v) is 9.59. The number of aryl methyl sites for hydroxylation is 1. The lowest BCUT2D eigenvalue weighted by atomic mass is 9.72. The first-order valence-electron chi connectivity index (χ1n) is 8.77. The van der Waals surface area contributed by atoms with E-state index in [0.29, 0.717) is 17.9 Å². The van der Waals surface area contributed by atoms with Gasteiger partial charge in [-0.1, -0.05) is 33.6 Å². The third-order valence-electron chi connectivity index (χ3n) is 5.50. The average molecular weight is 321 g/mol. The van der Waals surface area contributed by atoms with E-state index >= 15 is 0 Å². The number of likely N-dealkylation sites (tertiary alicyclic amines) is 1. The van der Waals surface area contributed by atoms with Gasteiger partial charge in [-0.2, -0.15) is 0 Å². The summed E-state index contributed by atoms with van der Waals surface area (Å²) in [6.07, 6.45) is 6.26. The van der Waals surface area contributed by atoms with Crippen molar-refractivity contribution in [1.29, 1.82) is 0 Å². The molecule has 0 N–H and O–H groups in total. The van der Waals surface area contributed by atoms with Crippen molar-refractivity contribution < 1.29 is 4.79 Å². The van der Waals surface area contributed by atoms with Crippen molar-refractivity contribution in [3.05, 3.63) is 15.6 Å². The molecular weight excluding hydrogens is 292 g/mol. The second kappa shape index (κ2) is 6.31. The Bertz CT molecular complexity index is 551. The number of fused-ring (bicyclic) bond motifs is 1. The van der Waals surface area contributed by atoms with Gasteiger partial charge in [-0.05, 0) is 38.0 Å². The largest absolute Gasteiger partial charge is 0.335 e. The van der Waals surface area contributed by atoms with Crippen molar-refractivity contribution in [3.63, 3.8) is 0 Å². The lowest BCUT2D eigenvalue weighted by molar-refractivity contribution is 0.0221. The van der Waals surface area contributed by atoms with Crippen LogP contribution >= 0.6 is 11.3 Å². The Balaban J connectivity index is 1.85. The summed E-state index contributed by atoms with van der Waals surface area (Å²) < 4.78 is 0. The Labute approximate surface area is 138 Å². The molecule has 2 fully saturated rings. The molecule has 1 aromatic heterocycles. The number of hydrogen-bond donors (Lipinski definition) is 0. The molecule has 1 saturated carbocycles. The highest BCUT2D eigenvalue weighted by Crippen LogP contribution is 2.40. The van der Waals surface area contributed by atoms with Crippen LogP contribution in [0.2, 0.25) is 0 Å². The van der Waals surface area contributed by atoms with Gasteiger partial charge in [-0.3, -0.25) is 4.79 Å². The number of nitrogens with zero attached hydrogens (tertiary/aromatic N) is 2. The molecule has 1 amide bonds. The minimum Gasteiger partial charge on any atom is -0.335 e. The molecule has 0 bridgehead atoms. The van der Waals surface area contributed by atoms with Gasteiger partial charge in [0.1, 0.15) is 4.88 Å². The number of carbonyl (C=O) groups is 1. The van der Waals surface area contributed by atoms with Crippen molar-refractivity contribution in [2.75, 3.05) is 6.54 Å². The van der Waals surface area contributed by atoms with Gasteiger partial charge in [0.2, 0.25) is 0 Å². The van der Waals surface area contributed by atoms with Crippen LogP contribution in [-0.4, -0.2) is 28.4 Å². The van der Waals surface area contributed by atoms with Crippen LogP contribution in [0.5, 0.6) is 0 Å². The molecule has 22 heavy (non-hydrogen) atoms. The number of hydrogen-bond acceptors (Lipinski definition) is 3. The third-order valence-corrected chi connectivity index (χ3v) is 6.95. The second-order valence-electron chi connectivity index (χ2n) is 7.40. The van der Waals surface area contributed by atoms with E-state index in [4.69, 9.17) is 0 Å². The summed E-state index contributed by atoms with van der Waals surface area (Å²) in [4.78, 5) is 20.8. The first kappa shape index (κ1) is 16.0. The van der Waals surface area contributed by atoms with Crippen LogP contribution in [0.1, 0.15) is 79.2 Å². The Morgan fingerprint density at radius 1 is 1.27 bits per heavy atom. The lowest BCUT2D eigenvalue weighted by Gasteiger charge is -2.47. The predicted octanol–water partition coefficient (Wildman–Crippen LogP) is 4.62. The maximum Gasteiger partial charge on any atom is 0.266 e. The van der Waals surface area contributed by atoms with Crippen LogP contribution in [0.3, 0.4) is 0 Å². The normalized spacial score (nSPS) is 28.8. The summed E-state index contributed by atoms with van der Waals surface area (Å²) in [6.45, 7) is 9.58. The summed E-state index contributed by atoms with van der Waals surface area (Å²) >= 11 is 1.61. The zero-order valence-electron chi connectivity index (χ0n) is 14.3. The molecule has 122 valence electrons. The molecule has 1 aromatic rings. The van der Waals surface area contributed by atoms with E-state index in [1.54, 1.807) is 11.3 Å². The van der Waals surface area contributed by atoms with E-state index in [9.17, 15) is 4.79 Å². The molecule has 1 aliphatic heterocycles. The highest BCUT2D eigenvalue weighted by Gasteiger charge is 2.40. The standard InChI is InChI=1S/C18H28N2OS/c1-11(2)17-19-13(4)16(22-17)18(21)20-10-9-12(3)14-7-5-6-8-15(14)20/h11-12,14-15H,5-10H2,1-4H3/t12-,14-,15+/m1/s1. The third kappa shape index (κ3) is 2.82. The molecule has 3 rings (SSSR count). The van der Waals surface area contributed by atoms with Gasteiger partial charge in [0.25, 0.3) is 5.91 Å². The Morgan fingerprint density at radius 2 is 2.00 bits per heavy atom. The van der Waals surface area contributed by atoms with Crippen LogP contribution in [0.15, 0.2) is 0 Å². The first-order chi connectivity index (χ1) is 10.5. The molecule has 1 aliphatic carbocycles. The van der Waals surface area contributed by atoms with Crippen molar-refractivity contribution in [2.45, 2.75) is 71.8 Å². The number of carbonyl (C=O) groups excluding carboxylic acids is 1. The second-order valence-corrected chi connectivity index (χ2v) is 8.43. The summed E-state index contributed by atoms with van der Waals surface area (Å²) in [5, 5.41) is 1.09. The summed E-state index contributed by atoms with van der Waals surface area (Å²) in [5.74, 6) is 2.12. The molecule has 4 heteroatoms. The molecule has 0 radical (unpaired) electrons. The number of rotatable bonds is 2. The molecule has 0 unspecified atom stereocenters. The number of piperidine rings is 1. The molecule has 3 nitrogen and oxygen atoms in total. The summed E-state index contributed by atoms with van der Waals surface area (Å²) in [6, 6.07) is 0.467. The Hall–Kier alpha value is -0.900. The molecule has 2 aliphatic rings. The maximum atomic E-state index is 13.1. The highest BCUT2D eigenvalue weighted by molar-refractivity contribution is 7.13. The number of aromatic nitrogens is 1. The van der Waals surface area contributed by atoms with Crippen molar-refractivity contribution in [2.24, 2.45) is 11.8 Å². The van der Waals surface area contributed by atoms with E-state index < -0.39 is 0 Å². The van der Waals surface area contributed by atoms with E-state index in [-0.39, 0.29) is 5.91 Å². The fourth-order valence-corrected chi connectivity index (χ4v) is 5.18. The number of amides is 1. The van der Waals surface area contributed by atoms with Crippen molar-refractivity contribution in [1.82, 2.24) is 9.88 Å². The fraction of sp³-hybridized carbons (Fsp3) is 0.778. The zero-order chi connectivity index (χ0) is 15.9. The van der Waals surface area contributed by atoms with Gasteiger partial charge in [-0.25, -0.2) is 4.98 Å². The van der Waals surface area contributed by atoms with Gasteiger partial charge in [-0.15, -0.1) is 11.3 Å². The lowest BCUT2D eigenvalue weighted by Crippen LogP contribution is -2.52. The van der Waals surface area contributed by atoms with E-state index in [1.807, 2.05) is 6.92 Å². The summed E-state index contributed by atoms with van der Waals surface area (Å²) in [7, 11) is 0. The molecule has 3 atom stereocenters. The van der Waals surface area contributed by atoms with Crippen molar-refractivity contribution in [3.8, 4) is 0 Å². The van der Waals surface area contributed by atoms with Crippen molar-refractivity contribution >= 4 is 17.2 Å². The van der Waals surface area contributed by atoms with Crippen LogP contribution < -0.4 is 0 Å². The highest BCUT2D eigenvalue weighted by atomic mass is 32.1. The quantitative estimate of drug-likeness (QED) is 0.797. The minimum atomic E-state index is 0.241. The van der Waals surface area contributed by atoms with Crippen LogP contribution in [-0.2, 0) is 0 Å². The minimum absolute atomic E-state index is 0.241. The molecular formula is C18H28N2OS. The zero-order valence-corrected chi connectivity index (χ0v) is 15.1. The van der Waals surface area contributed by atoms with E-state index in [0.717, 1.165) is 34.5 Å². The van der Waals surface area contributed by atoms with Gasteiger partial charge in [0.05, 0.1) is 10.7 Å². The smallest absolute Gasteiger partial charge is 0.266 e. The fourth-order valence-electron chi connectivity index (χ4n) is 4.16. The monoisotopic (exact) mass is 320 g/mol. The Morgan fingerprint density at radius 3 is 2.68 bits per heavy atom. The molecule has 2 heterocycles. The summed E-state index contributed by atoms with van der Waals surface area (Å²) in [5.41, 5.74) is 0.921. The predicted molar refractivity (Wildman–Crippen MR) is 91.5 cm³/mol. The molecule has 0 aromatic carbocycles. The SMILES string of the molecule is Cc1nc(C(C)C)sc1C(=O)N1CC[C@@H](C)[C@H]2CCCC[C@@H]21. The van der Waals surface area contributed by atoms with Gasteiger partial charge in [0, 0.05) is 18.5 Å².